The van der Waals surface area contributed by atoms with Gasteiger partial charge in [-0.15, -0.1) is 5.10 Å². The second kappa shape index (κ2) is 4.68. The Bertz CT molecular complexity index is 453. The number of nitrogens with one attached hydrogen (secondary N) is 1. The number of hydrogen-bond donors (Lipinski definition) is 1. The molecule has 0 saturated carbocycles. The van der Waals surface area contributed by atoms with Crippen LogP contribution in [0.25, 0.3) is 0 Å². The summed E-state index contributed by atoms with van der Waals surface area (Å²) in [7, 11) is 1.27. The Hall–Kier alpha value is -0.660. The third-order valence-corrected chi connectivity index (χ3v) is 3.49. The van der Waals surface area contributed by atoms with Crippen LogP contribution < -0.4 is 0 Å². The first-order valence-electron chi connectivity index (χ1n) is 5.03. The largest absolute Gasteiger partial charge is 0.378 e. The molecule has 1 unspecified atom stereocenters. The van der Waals surface area contributed by atoms with Crippen LogP contribution in [-0.4, -0.2) is 36.3 Å². The van der Waals surface area contributed by atoms with Crippen molar-refractivity contribution in [2.45, 2.75) is 36.9 Å². The van der Waals surface area contributed by atoms with Gasteiger partial charge < -0.3 is 4.74 Å². The number of halogens is 1. The van der Waals surface area contributed by atoms with Gasteiger partial charge in [0.05, 0.1) is 6.10 Å². The van der Waals surface area contributed by atoms with E-state index in [9.17, 15) is 8.42 Å². The summed E-state index contributed by atoms with van der Waals surface area (Å²) in [6.07, 6.45) is 3.82. The van der Waals surface area contributed by atoms with Crippen molar-refractivity contribution in [1.29, 1.82) is 0 Å². The van der Waals surface area contributed by atoms with E-state index in [4.69, 9.17) is 15.4 Å². The molecule has 1 aliphatic rings. The van der Waals surface area contributed by atoms with Gasteiger partial charge in [0.15, 0.2) is 0 Å². The molecule has 0 radical (unpaired) electrons. The van der Waals surface area contributed by atoms with E-state index < -0.39 is 9.05 Å². The summed E-state index contributed by atoms with van der Waals surface area (Å²) in [6, 6.07) is 0. The van der Waals surface area contributed by atoms with E-state index in [1.54, 1.807) is 0 Å². The molecule has 2 rings (SSSR count). The number of hydrogen-bond acceptors (Lipinski definition) is 5. The predicted octanol–water partition coefficient (Wildman–Crippen LogP) is 0.844. The van der Waals surface area contributed by atoms with Crippen LogP contribution in [0, 0.1) is 0 Å². The minimum absolute atomic E-state index is 0.251. The van der Waals surface area contributed by atoms with Crippen LogP contribution in [0.1, 0.15) is 25.1 Å². The molecule has 0 aromatic carbocycles. The molecule has 0 amide bonds. The summed E-state index contributed by atoms with van der Waals surface area (Å²) >= 11 is 0. The summed E-state index contributed by atoms with van der Waals surface area (Å²) < 4.78 is 27.2. The highest BCUT2D eigenvalue weighted by Gasteiger charge is 2.19. The summed E-state index contributed by atoms with van der Waals surface area (Å²) in [5.41, 5.74) is 0. The molecule has 0 aliphatic carbocycles. The smallest absolute Gasteiger partial charge is 0.298 e. The molecule has 1 fully saturated rings. The second-order valence-electron chi connectivity index (χ2n) is 3.68. The third-order valence-electron chi connectivity index (χ3n) is 2.46. The van der Waals surface area contributed by atoms with Gasteiger partial charge in [0.2, 0.25) is 0 Å². The average Bonchev–Trinajstić information content (AvgIpc) is 2.85. The number of aromatic amines is 1. The zero-order chi connectivity index (χ0) is 11.6. The van der Waals surface area contributed by atoms with Gasteiger partial charge in [-0.3, -0.25) is 5.10 Å². The topological polar surface area (TPSA) is 84.9 Å². The summed E-state index contributed by atoms with van der Waals surface area (Å²) in [4.78, 5) is 3.80. The van der Waals surface area contributed by atoms with Crippen LogP contribution >= 0.6 is 10.7 Å². The number of aryl methyl sites for hydroxylation is 1. The third kappa shape index (κ3) is 2.93. The Morgan fingerprint density at radius 2 is 2.38 bits per heavy atom. The van der Waals surface area contributed by atoms with Gasteiger partial charge in [0.1, 0.15) is 5.82 Å². The Balaban J connectivity index is 1.92. The van der Waals surface area contributed by atoms with Crippen LogP contribution in [-0.2, 0) is 20.2 Å². The maximum Gasteiger partial charge on any atom is 0.298 e. The van der Waals surface area contributed by atoms with Crippen molar-refractivity contribution >= 4 is 19.7 Å². The molecule has 8 heteroatoms. The fourth-order valence-electron chi connectivity index (χ4n) is 1.67. The van der Waals surface area contributed by atoms with Crippen LogP contribution in [0.15, 0.2) is 5.16 Å². The van der Waals surface area contributed by atoms with Crippen LogP contribution in [0.5, 0.6) is 0 Å². The highest BCUT2D eigenvalue weighted by Crippen LogP contribution is 2.17. The lowest BCUT2D eigenvalue weighted by Crippen LogP contribution is -2.06. The number of aromatic nitrogens is 3. The van der Waals surface area contributed by atoms with Crippen LogP contribution in [0.3, 0.4) is 0 Å². The Morgan fingerprint density at radius 1 is 1.56 bits per heavy atom. The lowest BCUT2D eigenvalue weighted by Gasteiger charge is -2.06. The van der Waals surface area contributed by atoms with Gasteiger partial charge in [0.25, 0.3) is 14.2 Å². The van der Waals surface area contributed by atoms with E-state index >= 15 is 0 Å². The van der Waals surface area contributed by atoms with Gasteiger partial charge >= 0.3 is 0 Å². The quantitative estimate of drug-likeness (QED) is 0.816. The molecular weight excluding hydrogens is 254 g/mol. The molecule has 2 heterocycles. The summed E-state index contributed by atoms with van der Waals surface area (Å²) in [5.74, 6) is 0.523. The van der Waals surface area contributed by atoms with Crippen LogP contribution in [0.4, 0.5) is 0 Å². The molecule has 1 aliphatic heterocycles. The minimum Gasteiger partial charge on any atom is -0.378 e. The molecule has 6 nitrogen and oxygen atoms in total. The lowest BCUT2D eigenvalue weighted by atomic mass is 10.1. The number of rotatable bonds is 4. The van der Waals surface area contributed by atoms with E-state index in [0.29, 0.717) is 12.2 Å². The first-order chi connectivity index (χ1) is 7.55. The normalized spacial score (nSPS) is 21.4. The molecule has 1 atom stereocenters. The first kappa shape index (κ1) is 11.8. The fourth-order valence-corrected chi connectivity index (χ4v) is 2.25. The second-order valence-corrected chi connectivity index (χ2v) is 6.14. The Kier molecular flexibility index (Phi) is 3.46. The van der Waals surface area contributed by atoms with E-state index in [2.05, 4.69) is 15.2 Å². The maximum atomic E-state index is 10.9. The van der Waals surface area contributed by atoms with Crippen molar-refractivity contribution in [1.82, 2.24) is 15.2 Å². The van der Waals surface area contributed by atoms with E-state index in [-0.39, 0.29) is 11.3 Å². The molecule has 1 aromatic rings. The maximum absolute atomic E-state index is 10.9. The van der Waals surface area contributed by atoms with Gasteiger partial charge in [-0.2, -0.15) is 0 Å². The van der Waals surface area contributed by atoms with Crippen molar-refractivity contribution in [3.63, 3.8) is 0 Å². The van der Waals surface area contributed by atoms with Crippen molar-refractivity contribution in [3.05, 3.63) is 5.82 Å². The van der Waals surface area contributed by atoms with Crippen LogP contribution in [0.2, 0.25) is 0 Å². The highest BCUT2D eigenvalue weighted by molar-refractivity contribution is 8.13. The Morgan fingerprint density at radius 3 is 2.94 bits per heavy atom. The molecule has 1 aromatic heterocycles. The summed E-state index contributed by atoms with van der Waals surface area (Å²) in [6.45, 7) is 0.808. The Labute approximate surface area is 97.8 Å². The monoisotopic (exact) mass is 265 g/mol. The van der Waals surface area contributed by atoms with Gasteiger partial charge in [-0.25, -0.2) is 13.4 Å². The van der Waals surface area contributed by atoms with Crippen molar-refractivity contribution in [2.75, 3.05) is 6.61 Å². The van der Waals surface area contributed by atoms with E-state index in [1.165, 1.54) is 0 Å². The zero-order valence-electron chi connectivity index (χ0n) is 8.52. The molecular formula is C8H12ClN3O3S. The summed E-state index contributed by atoms with van der Waals surface area (Å²) in [5, 5.41) is 5.73. The SMILES string of the molecule is O=S(=O)(Cl)c1n[nH]c(CCC2CCCO2)n1. The fraction of sp³-hybridized carbons (Fsp3) is 0.750. The van der Waals surface area contributed by atoms with Gasteiger partial charge in [0, 0.05) is 23.7 Å². The molecule has 0 spiro atoms. The highest BCUT2D eigenvalue weighted by atomic mass is 35.7. The predicted molar refractivity (Wildman–Crippen MR) is 56.7 cm³/mol. The average molecular weight is 266 g/mol. The first-order valence-corrected chi connectivity index (χ1v) is 7.34. The molecule has 16 heavy (non-hydrogen) atoms. The van der Waals surface area contributed by atoms with Crippen molar-refractivity contribution < 1.29 is 13.2 Å². The molecule has 0 bridgehead atoms. The minimum atomic E-state index is -3.83. The molecule has 90 valence electrons. The van der Waals surface area contributed by atoms with Gasteiger partial charge in [-0.05, 0) is 19.3 Å². The van der Waals surface area contributed by atoms with E-state index in [0.717, 1.165) is 25.9 Å². The number of H-pyrrole nitrogens is 1. The van der Waals surface area contributed by atoms with Gasteiger partial charge in [-0.1, -0.05) is 0 Å². The lowest BCUT2D eigenvalue weighted by molar-refractivity contribution is 0.104. The molecule has 1 N–H and O–H groups in total. The molecule has 1 saturated heterocycles. The van der Waals surface area contributed by atoms with Crippen molar-refractivity contribution in [2.24, 2.45) is 0 Å². The van der Waals surface area contributed by atoms with Crippen molar-refractivity contribution in [3.8, 4) is 0 Å². The van der Waals surface area contributed by atoms with E-state index in [1.807, 2.05) is 0 Å². The standard InChI is InChI=1S/C8H12ClN3O3S/c9-16(13,14)8-10-7(11-12-8)4-3-6-2-1-5-15-6/h6H,1-5H2,(H,10,11,12). The number of ether oxygens (including phenoxy) is 1. The number of nitrogens with zero attached hydrogens (tertiary/aromatic N) is 2. The zero-order valence-corrected chi connectivity index (χ0v) is 10.1.